The summed E-state index contributed by atoms with van der Waals surface area (Å²) < 4.78 is 10.2. The highest BCUT2D eigenvalue weighted by atomic mass is 16.6. The van der Waals surface area contributed by atoms with Crippen molar-refractivity contribution >= 4 is 23.8 Å². The summed E-state index contributed by atoms with van der Waals surface area (Å²) in [5, 5.41) is 0. The maximum Gasteiger partial charge on any atom is 0.327 e. The van der Waals surface area contributed by atoms with E-state index in [1.165, 1.54) is 20.8 Å². The lowest BCUT2D eigenvalue weighted by Crippen LogP contribution is -2.60. The molecule has 25 heavy (non-hydrogen) atoms. The Hall–Kier alpha value is -2.70. The molecule has 1 heterocycles. The Morgan fingerprint density at radius 1 is 1.24 bits per heavy atom. The van der Waals surface area contributed by atoms with Crippen molar-refractivity contribution in [3.63, 3.8) is 0 Å². The van der Waals surface area contributed by atoms with Gasteiger partial charge in [0.15, 0.2) is 0 Å². The molecule has 0 aromatic heterocycles. The molecule has 2 amide bonds. The SMILES string of the molecule is CCOC(=O)C(C)(C)C(=O)N1CC(=O)O[C@](C)(c2ccccc2)C1=O. The second kappa shape index (κ2) is 6.66. The van der Waals surface area contributed by atoms with Gasteiger partial charge in [0, 0.05) is 5.56 Å². The summed E-state index contributed by atoms with van der Waals surface area (Å²) in [4.78, 5) is 50.6. The highest BCUT2D eigenvalue weighted by molar-refractivity contribution is 6.12. The molecule has 1 aliphatic rings. The molecule has 0 spiro atoms. The number of hydrogen-bond acceptors (Lipinski definition) is 6. The molecule has 0 radical (unpaired) electrons. The van der Waals surface area contributed by atoms with E-state index in [2.05, 4.69) is 0 Å². The van der Waals surface area contributed by atoms with Crippen LogP contribution in [0.2, 0.25) is 0 Å². The lowest BCUT2D eigenvalue weighted by atomic mass is 9.88. The molecule has 1 aliphatic heterocycles. The summed E-state index contributed by atoms with van der Waals surface area (Å²) in [7, 11) is 0. The zero-order valence-corrected chi connectivity index (χ0v) is 14.7. The average Bonchev–Trinajstić information content (AvgIpc) is 2.58. The summed E-state index contributed by atoms with van der Waals surface area (Å²) >= 11 is 0. The van der Waals surface area contributed by atoms with E-state index in [4.69, 9.17) is 9.47 Å². The molecule has 1 fully saturated rings. The van der Waals surface area contributed by atoms with Crippen LogP contribution in [-0.4, -0.2) is 41.8 Å². The van der Waals surface area contributed by atoms with E-state index in [1.54, 1.807) is 37.3 Å². The van der Waals surface area contributed by atoms with E-state index >= 15 is 0 Å². The van der Waals surface area contributed by atoms with Crippen LogP contribution in [0.1, 0.15) is 33.3 Å². The molecule has 1 aromatic rings. The van der Waals surface area contributed by atoms with Crippen molar-refractivity contribution in [3.8, 4) is 0 Å². The van der Waals surface area contributed by atoms with Crippen molar-refractivity contribution in [2.24, 2.45) is 5.41 Å². The van der Waals surface area contributed by atoms with Crippen LogP contribution < -0.4 is 0 Å². The van der Waals surface area contributed by atoms with Crippen molar-refractivity contribution in [3.05, 3.63) is 35.9 Å². The number of imide groups is 1. The first-order valence-electron chi connectivity index (χ1n) is 7.95. The fourth-order valence-corrected chi connectivity index (χ4v) is 2.60. The summed E-state index contributed by atoms with van der Waals surface area (Å²) in [6.07, 6.45) is 0. The molecular weight excluding hydrogens is 326 g/mol. The second-order valence-electron chi connectivity index (χ2n) is 6.42. The van der Waals surface area contributed by atoms with Crippen molar-refractivity contribution in [1.29, 1.82) is 0 Å². The van der Waals surface area contributed by atoms with Crippen LogP contribution in [0.5, 0.6) is 0 Å². The minimum Gasteiger partial charge on any atom is -0.465 e. The summed E-state index contributed by atoms with van der Waals surface area (Å²) in [6.45, 7) is 5.34. The van der Waals surface area contributed by atoms with Crippen LogP contribution >= 0.6 is 0 Å². The molecular formula is C18H21NO6. The Morgan fingerprint density at radius 3 is 2.40 bits per heavy atom. The van der Waals surface area contributed by atoms with Gasteiger partial charge in [0.1, 0.15) is 12.0 Å². The molecule has 1 saturated heterocycles. The van der Waals surface area contributed by atoms with Crippen LogP contribution in [0.25, 0.3) is 0 Å². The van der Waals surface area contributed by atoms with Gasteiger partial charge in [0.2, 0.25) is 11.5 Å². The van der Waals surface area contributed by atoms with E-state index in [9.17, 15) is 19.2 Å². The first-order valence-corrected chi connectivity index (χ1v) is 7.95. The molecule has 0 bridgehead atoms. The molecule has 134 valence electrons. The molecule has 1 aromatic carbocycles. The number of carbonyl (C=O) groups is 4. The van der Waals surface area contributed by atoms with E-state index < -0.39 is 41.3 Å². The Labute approximate surface area is 145 Å². The molecule has 7 nitrogen and oxygen atoms in total. The summed E-state index contributed by atoms with van der Waals surface area (Å²) in [6, 6.07) is 8.43. The highest BCUT2D eigenvalue weighted by Gasteiger charge is 2.52. The molecule has 0 saturated carbocycles. The Kier molecular flexibility index (Phi) is 4.97. The largest absolute Gasteiger partial charge is 0.465 e. The zero-order valence-electron chi connectivity index (χ0n) is 14.7. The quantitative estimate of drug-likeness (QED) is 0.604. The predicted octanol–water partition coefficient (Wildman–Crippen LogP) is 1.40. The number of esters is 2. The van der Waals surface area contributed by atoms with Gasteiger partial charge >= 0.3 is 11.9 Å². The standard InChI is InChI=1S/C18H21NO6/c1-5-24-16(23)17(2,3)14(21)19-11-13(20)25-18(4,15(19)22)12-9-7-6-8-10-12/h6-10H,5,11H2,1-4H3/t18-/m1/s1. The van der Waals surface area contributed by atoms with Crippen LogP contribution in [0, 0.1) is 5.41 Å². The van der Waals surface area contributed by atoms with E-state index in [1.807, 2.05) is 0 Å². The van der Waals surface area contributed by atoms with Gasteiger partial charge in [-0.15, -0.1) is 0 Å². The van der Waals surface area contributed by atoms with Gasteiger partial charge in [0.05, 0.1) is 6.61 Å². The smallest absolute Gasteiger partial charge is 0.327 e. The van der Waals surface area contributed by atoms with E-state index in [0.717, 1.165) is 4.90 Å². The van der Waals surface area contributed by atoms with Gasteiger partial charge in [-0.3, -0.25) is 24.1 Å². The predicted molar refractivity (Wildman–Crippen MR) is 87.0 cm³/mol. The van der Waals surface area contributed by atoms with Crippen molar-refractivity contribution < 1.29 is 28.7 Å². The Bertz CT molecular complexity index is 712. The maximum absolute atomic E-state index is 12.9. The normalized spacial score (nSPS) is 20.9. The Morgan fingerprint density at radius 2 is 1.84 bits per heavy atom. The lowest BCUT2D eigenvalue weighted by molar-refractivity contribution is -0.191. The van der Waals surface area contributed by atoms with Crippen LogP contribution in [0.15, 0.2) is 30.3 Å². The van der Waals surface area contributed by atoms with Crippen molar-refractivity contribution in [2.45, 2.75) is 33.3 Å². The number of amides is 2. The third kappa shape index (κ3) is 3.26. The van der Waals surface area contributed by atoms with Gasteiger partial charge in [-0.05, 0) is 27.7 Å². The fourth-order valence-electron chi connectivity index (χ4n) is 2.60. The summed E-state index contributed by atoms with van der Waals surface area (Å²) in [5.41, 5.74) is -2.78. The lowest BCUT2D eigenvalue weighted by Gasteiger charge is -2.39. The number of nitrogens with zero attached hydrogens (tertiary/aromatic N) is 1. The monoisotopic (exact) mass is 347 g/mol. The number of carbonyl (C=O) groups excluding carboxylic acids is 4. The first-order chi connectivity index (χ1) is 11.6. The summed E-state index contributed by atoms with van der Waals surface area (Å²) in [5.74, 6) is -2.97. The van der Waals surface area contributed by atoms with Gasteiger partial charge in [-0.1, -0.05) is 30.3 Å². The Balaban J connectivity index is 2.39. The van der Waals surface area contributed by atoms with E-state index in [0.29, 0.717) is 5.56 Å². The molecule has 1 atom stereocenters. The number of rotatable bonds is 4. The number of cyclic esters (lactones) is 1. The molecule has 0 N–H and O–H groups in total. The average molecular weight is 347 g/mol. The minimum atomic E-state index is -1.63. The number of ether oxygens (including phenoxy) is 2. The van der Waals surface area contributed by atoms with E-state index in [-0.39, 0.29) is 6.61 Å². The van der Waals surface area contributed by atoms with Gasteiger partial charge in [-0.25, -0.2) is 0 Å². The fraction of sp³-hybridized carbons (Fsp3) is 0.444. The van der Waals surface area contributed by atoms with Crippen LogP contribution in [0.4, 0.5) is 0 Å². The number of morpholine rings is 1. The van der Waals surface area contributed by atoms with Crippen LogP contribution in [0.3, 0.4) is 0 Å². The second-order valence-corrected chi connectivity index (χ2v) is 6.42. The highest BCUT2D eigenvalue weighted by Crippen LogP contribution is 2.33. The molecule has 0 aliphatic carbocycles. The van der Waals surface area contributed by atoms with Gasteiger partial charge < -0.3 is 9.47 Å². The molecule has 2 rings (SSSR count). The van der Waals surface area contributed by atoms with Crippen LogP contribution in [-0.2, 0) is 34.3 Å². The first kappa shape index (κ1) is 18.6. The number of benzene rings is 1. The number of hydrogen-bond donors (Lipinski definition) is 0. The van der Waals surface area contributed by atoms with Gasteiger partial charge in [-0.2, -0.15) is 0 Å². The minimum absolute atomic E-state index is 0.104. The van der Waals surface area contributed by atoms with Gasteiger partial charge in [0.25, 0.3) is 5.91 Å². The zero-order chi connectivity index (χ0) is 18.8. The van der Waals surface area contributed by atoms with Crippen molar-refractivity contribution in [1.82, 2.24) is 4.90 Å². The third-order valence-electron chi connectivity index (χ3n) is 4.15. The maximum atomic E-state index is 12.9. The third-order valence-corrected chi connectivity index (χ3v) is 4.15. The molecule has 0 unspecified atom stereocenters. The van der Waals surface area contributed by atoms with Crippen molar-refractivity contribution in [2.75, 3.05) is 13.2 Å². The molecule has 7 heteroatoms. The topological polar surface area (TPSA) is 90.0 Å².